The Morgan fingerprint density at radius 1 is 1.03 bits per heavy atom. The second-order valence-corrected chi connectivity index (χ2v) is 12.4. The third-order valence-electron chi connectivity index (χ3n) is 9.48. The van der Waals surface area contributed by atoms with Crippen molar-refractivity contribution in [2.45, 2.75) is 55.4 Å². The Morgan fingerprint density at radius 3 is 2.46 bits per heavy atom. The number of ether oxygens (including phenoxy) is 4. The standard InChI is InChI=1S/C30H29NO7S/c1-12-8-15-9-18-19(24(33)22-13(2)20(31-4)7-6-16(22)23(18)32)10-17(15)25-21(12)26-27-29(34,36-25)28(11-35-28)30(37-26,38-27)14(3)39-5/h6-10,14,26-27,31-34H,11H2,1-5H3/t14?,26-,27?,28?,29?,30?/m1/s1. The lowest BCUT2D eigenvalue weighted by Gasteiger charge is -2.47. The molecule has 0 aliphatic carbocycles. The lowest BCUT2D eigenvalue weighted by molar-refractivity contribution is -0.277. The van der Waals surface area contributed by atoms with Gasteiger partial charge in [-0.2, -0.15) is 11.8 Å². The van der Waals surface area contributed by atoms with Gasteiger partial charge in [-0.15, -0.1) is 0 Å². The first-order valence-corrected chi connectivity index (χ1v) is 14.4. The maximum Gasteiger partial charge on any atom is 0.274 e. The van der Waals surface area contributed by atoms with Crippen molar-refractivity contribution in [3.63, 3.8) is 0 Å². The van der Waals surface area contributed by atoms with Gasteiger partial charge in [-0.05, 0) is 67.8 Å². The molecule has 4 N–H and O–H groups in total. The van der Waals surface area contributed by atoms with Crippen LogP contribution in [0.4, 0.5) is 5.69 Å². The van der Waals surface area contributed by atoms with Crippen molar-refractivity contribution >= 4 is 49.8 Å². The zero-order valence-electron chi connectivity index (χ0n) is 22.2. The van der Waals surface area contributed by atoms with E-state index in [1.807, 2.05) is 64.4 Å². The van der Waals surface area contributed by atoms with E-state index in [1.165, 1.54) is 0 Å². The van der Waals surface area contributed by atoms with Gasteiger partial charge in [0.2, 0.25) is 11.4 Å². The zero-order valence-corrected chi connectivity index (χ0v) is 23.0. The number of epoxide rings is 1. The molecule has 4 aromatic carbocycles. The number of fused-ring (bicyclic) bond motifs is 9. The molecule has 0 saturated carbocycles. The summed E-state index contributed by atoms with van der Waals surface area (Å²) in [5.41, 5.74) is 2.33. The summed E-state index contributed by atoms with van der Waals surface area (Å²) >= 11 is 1.60. The van der Waals surface area contributed by atoms with E-state index < -0.39 is 29.4 Å². The van der Waals surface area contributed by atoms with Crippen molar-refractivity contribution in [3.8, 4) is 17.2 Å². The van der Waals surface area contributed by atoms with E-state index in [9.17, 15) is 15.3 Å². The Labute approximate surface area is 228 Å². The van der Waals surface area contributed by atoms with Gasteiger partial charge >= 0.3 is 0 Å². The van der Waals surface area contributed by atoms with E-state index in [0.717, 1.165) is 27.8 Å². The summed E-state index contributed by atoms with van der Waals surface area (Å²) in [6.45, 7) is 6.19. The number of phenols is 2. The molecule has 3 saturated heterocycles. The van der Waals surface area contributed by atoms with Crippen molar-refractivity contribution < 1.29 is 34.3 Å². The summed E-state index contributed by atoms with van der Waals surface area (Å²) in [6.07, 6.45) is 0.712. The van der Waals surface area contributed by atoms with Crippen LogP contribution in [0.3, 0.4) is 0 Å². The minimum Gasteiger partial charge on any atom is -0.507 e. The van der Waals surface area contributed by atoms with Gasteiger partial charge in [0.15, 0.2) is 6.10 Å². The molecular formula is C30H29NO7S. The molecule has 1 spiro atoms. The van der Waals surface area contributed by atoms with E-state index in [-0.39, 0.29) is 23.4 Å². The highest BCUT2D eigenvalue weighted by molar-refractivity contribution is 7.99. The molecule has 4 heterocycles. The van der Waals surface area contributed by atoms with Crippen LogP contribution in [0.5, 0.6) is 17.2 Å². The van der Waals surface area contributed by atoms with Gasteiger partial charge in [-0.25, -0.2) is 0 Å². The molecule has 2 bridgehead atoms. The second kappa shape index (κ2) is 7.21. The highest BCUT2D eigenvalue weighted by Crippen LogP contribution is 2.71. The number of phenolic OH excluding ortho intramolecular Hbond substituents is 2. The number of anilines is 1. The van der Waals surface area contributed by atoms with Crippen molar-refractivity contribution in [1.29, 1.82) is 0 Å². The molecule has 4 aromatic rings. The molecule has 4 aliphatic rings. The SMILES string of the molecule is CNc1ccc2c(O)c3cc4cc(C)c5c(c4cc3c(O)c2c1C)OC1(O)C2OC(C(C)SC)(O[C@H]52)C12CO2. The average Bonchev–Trinajstić information content (AvgIpc) is 3.60. The predicted molar refractivity (Wildman–Crippen MR) is 150 cm³/mol. The number of aryl methyl sites for hydroxylation is 2. The van der Waals surface area contributed by atoms with Crippen molar-refractivity contribution in [1.82, 2.24) is 0 Å². The minimum atomic E-state index is -1.73. The summed E-state index contributed by atoms with van der Waals surface area (Å²) in [5, 5.41) is 41.7. The topological polar surface area (TPSA) is 113 Å². The number of rotatable bonds is 3. The van der Waals surface area contributed by atoms with Crippen LogP contribution >= 0.6 is 11.8 Å². The first kappa shape index (κ1) is 23.9. The summed E-state index contributed by atoms with van der Waals surface area (Å²) in [6, 6.07) is 9.43. The largest absolute Gasteiger partial charge is 0.507 e. The van der Waals surface area contributed by atoms with E-state index >= 15 is 0 Å². The van der Waals surface area contributed by atoms with Crippen molar-refractivity contribution in [2.75, 3.05) is 25.2 Å². The molecule has 39 heavy (non-hydrogen) atoms. The quantitative estimate of drug-likeness (QED) is 0.160. The van der Waals surface area contributed by atoms with Crippen LogP contribution in [0.25, 0.3) is 32.3 Å². The zero-order chi connectivity index (χ0) is 27.2. The van der Waals surface area contributed by atoms with Crippen LogP contribution < -0.4 is 10.1 Å². The summed E-state index contributed by atoms with van der Waals surface area (Å²) in [5.74, 6) is -2.18. The normalized spacial score (nSPS) is 32.7. The molecule has 0 amide bonds. The summed E-state index contributed by atoms with van der Waals surface area (Å²) in [4.78, 5) is 0. The number of nitrogens with one attached hydrogen (secondary N) is 1. The Morgan fingerprint density at radius 2 is 1.77 bits per heavy atom. The van der Waals surface area contributed by atoms with E-state index in [4.69, 9.17) is 18.9 Å². The van der Waals surface area contributed by atoms with Crippen LogP contribution in [0.15, 0.2) is 30.3 Å². The molecule has 0 radical (unpaired) electrons. The van der Waals surface area contributed by atoms with Crippen LogP contribution in [-0.4, -0.2) is 63.8 Å². The molecule has 5 unspecified atom stereocenters. The monoisotopic (exact) mass is 547 g/mol. The van der Waals surface area contributed by atoms with Crippen molar-refractivity contribution in [3.05, 3.63) is 47.0 Å². The smallest absolute Gasteiger partial charge is 0.274 e. The van der Waals surface area contributed by atoms with Crippen LogP contribution in [0.1, 0.15) is 29.7 Å². The Bertz CT molecular complexity index is 1790. The first-order valence-electron chi connectivity index (χ1n) is 13.1. The molecular weight excluding hydrogens is 518 g/mol. The predicted octanol–water partition coefficient (Wildman–Crippen LogP) is 4.98. The molecule has 8 nitrogen and oxygen atoms in total. The molecule has 3 fully saturated rings. The van der Waals surface area contributed by atoms with Gasteiger partial charge in [0.1, 0.15) is 23.4 Å². The van der Waals surface area contributed by atoms with Gasteiger partial charge in [0, 0.05) is 45.2 Å². The maximum atomic E-state index is 12.1. The number of aromatic hydroxyl groups is 2. The van der Waals surface area contributed by atoms with Gasteiger partial charge in [-0.1, -0.05) is 6.07 Å². The summed E-state index contributed by atoms with van der Waals surface area (Å²) < 4.78 is 25.6. The van der Waals surface area contributed by atoms with E-state index in [1.54, 1.807) is 11.8 Å². The average molecular weight is 548 g/mol. The van der Waals surface area contributed by atoms with Gasteiger partial charge in [0.05, 0.1) is 11.9 Å². The lowest BCUT2D eigenvalue weighted by Crippen LogP contribution is -2.68. The Kier molecular flexibility index (Phi) is 4.42. The van der Waals surface area contributed by atoms with Crippen molar-refractivity contribution in [2.24, 2.45) is 0 Å². The Hall–Kier alpha value is -2.95. The molecule has 9 heteroatoms. The number of hydrogen-bond acceptors (Lipinski definition) is 9. The van der Waals surface area contributed by atoms with Gasteiger partial charge in [-0.3, -0.25) is 0 Å². The van der Waals surface area contributed by atoms with Crippen LogP contribution in [-0.2, 0) is 14.2 Å². The molecule has 4 aliphatic heterocycles. The van der Waals surface area contributed by atoms with Crippen LogP contribution in [0.2, 0.25) is 0 Å². The fraction of sp³-hybridized carbons (Fsp3) is 0.400. The number of thioether (sulfide) groups is 1. The maximum absolute atomic E-state index is 12.1. The molecule has 6 atom stereocenters. The Balaban J connectivity index is 1.42. The van der Waals surface area contributed by atoms with E-state index in [2.05, 4.69) is 5.32 Å². The molecule has 202 valence electrons. The summed E-state index contributed by atoms with van der Waals surface area (Å²) in [7, 11) is 1.82. The van der Waals surface area contributed by atoms with E-state index in [0.29, 0.717) is 32.7 Å². The second-order valence-electron chi connectivity index (χ2n) is 11.2. The number of aliphatic hydroxyl groups is 1. The fourth-order valence-corrected chi connectivity index (χ4v) is 7.94. The highest BCUT2D eigenvalue weighted by Gasteiger charge is 2.91. The minimum absolute atomic E-state index is 0.0786. The number of benzene rings is 4. The van der Waals surface area contributed by atoms with Crippen LogP contribution in [0, 0.1) is 13.8 Å². The third-order valence-corrected chi connectivity index (χ3v) is 10.5. The lowest BCUT2D eigenvalue weighted by atomic mass is 9.78. The molecule has 8 rings (SSSR count). The third kappa shape index (κ3) is 2.49. The fourth-order valence-electron chi connectivity index (χ4n) is 7.33. The highest BCUT2D eigenvalue weighted by atomic mass is 32.2. The van der Waals surface area contributed by atoms with Gasteiger partial charge in [0.25, 0.3) is 5.79 Å². The molecule has 0 aromatic heterocycles. The van der Waals surface area contributed by atoms with Gasteiger partial charge < -0.3 is 39.6 Å². The first-order chi connectivity index (χ1) is 18.6. The number of hydrogen-bond donors (Lipinski definition) is 4.